The maximum atomic E-state index is 13.1. The number of carbonyl (C=O) groups excluding carboxylic acids is 2. The minimum atomic E-state index is -0.827. The van der Waals surface area contributed by atoms with Crippen LogP contribution < -0.4 is 10.1 Å². The van der Waals surface area contributed by atoms with Crippen molar-refractivity contribution in [3.63, 3.8) is 0 Å². The van der Waals surface area contributed by atoms with Gasteiger partial charge in [-0.05, 0) is 68.1 Å². The maximum absolute atomic E-state index is 13.1. The summed E-state index contributed by atoms with van der Waals surface area (Å²) in [7, 11) is 1.39. The lowest BCUT2D eigenvalue weighted by Gasteiger charge is -2.32. The first-order valence-electron chi connectivity index (χ1n) is 12.2. The molecule has 2 N–H and O–H groups in total. The van der Waals surface area contributed by atoms with Gasteiger partial charge < -0.3 is 19.9 Å². The molecule has 3 rings (SSSR count). The first kappa shape index (κ1) is 26.8. The number of methoxy groups -OCH3 is 1. The van der Waals surface area contributed by atoms with Gasteiger partial charge in [-0.15, -0.1) is 0 Å². The highest BCUT2D eigenvalue weighted by molar-refractivity contribution is 6.30. The molecule has 1 saturated heterocycles. The molecule has 1 fully saturated rings. The van der Waals surface area contributed by atoms with Crippen LogP contribution >= 0.6 is 11.6 Å². The number of ether oxygens (including phenoxy) is 2. The number of hydrogen-bond donors (Lipinski definition) is 2. The molecule has 4 atom stereocenters. The zero-order valence-corrected chi connectivity index (χ0v) is 21.5. The number of rotatable bonds is 7. The number of halogens is 1. The Bertz CT molecular complexity index is 1010. The molecule has 1 aromatic carbocycles. The number of hydrogen-bond acceptors (Lipinski definition) is 6. The van der Waals surface area contributed by atoms with E-state index >= 15 is 0 Å². The lowest BCUT2D eigenvalue weighted by Crippen LogP contribution is -2.43. The lowest BCUT2D eigenvalue weighted by atomic mass is 9.76. The Morgan fingerprint density at radius 2 is 1.97 bits per heavy atom. The number of nitrogens with zero attached hydrogens (tertiary/aromatic N) is 1. The molecular formula is C27H35ClN2O5. The molecule has 8 heteroatoms. The van der Waals surface area contributed by atoms with E-state index in [-0.39, 0.29) is 29.2 Å². The van der Waals surface area contributed by atoms with E-state index in [1.165, 1.54) is 24.9 Å². The zero-order valence-electron chi connectivity index (χ0n) is 20.8. The number of amides is 1. The average Bonchev–Trinajstić information content (AvgIpc) is 2.86. The molecule has 1 aliphatic rings. The monoisotopic (exact) mass is 502 g/mol. The quantitative estimate of drug-likeness (QED) is 0.506. The minimum absolute atomic E-state index is 0.136. The molecule has 1 aliphatic heterocycles. The van der Waals surface area contributed by atoms with Crippen molar-refractivity contribution in [3.8, 4) is 11.5 Å². The largest absolute Gasteiger partial charge is 0.503 e. The van der Waals surface area contributed by atoms with Crippen molar-refractivity contribution in [1.82, 2.24) is 10.3 Å². The van der Waals surface area contributed by atoms with Gasteiger partial charge in [0.1, 0.15) is 12.1 Å². The molecule has 0 bridgehead atoms. The normalized spacial score (nSPS) is 23.1. The Morgan fingerprint density at radius 3 is 2.63 bits per heavy atom. The SMILES string of the molecule is COc1ccnc(C(=O)N[C@H]2CCC[C@H](Cc3ccc(Cl)cc3)[C@@H](CC(C)C)[C@H](C)OC2=O)c1O. The van der Waals surface area contributed by atoms with Gasteiger partial charge in [0.2, 0.25) is 0 Å². The fourth-order valence-corrected chi connectivity index (χ4v) is 5.01. The summed E-state index contributed by atoms with van der Waals surface area (Å²) >= 11 is 6.07. The Hall–Kier alpha value is -2.80. The molecule has 0 radical (unpaired) electrons. The molecule has 1 aromatic heterocycles. The second-order valence-corrected chi connectivity index (χ2v) is 10.1. The van der Waals surface area contributed by atoms with Crippen LogP contribution in [0.25, 0.3) is 0 Å². The summed E-state index contributed by atoms with van der Waals surface area (Å²) in [4.78, 5) is 29.9. The topological polar surface area (TPSA) is 97.8 Å². The van der Waals surface area contributed by atoms with E-state index in [1.807, 2.05) is 19.1 Å². The Kier molecular flexibility index (Phi) is 9.38. The van der Waals surface area contributed by atoms with Crippen molar-refractivity contribution < 1.29 is 24.2 Å². The predicted molar refractivity (Wildman–Crippen MR) is 135 cm³/mol. The van der Waals surface area contributed by atoms with E-state index in [0.717, 1.165) is 25.7 Å². The second kappa shape index (κ2) is 12.2. The molecule has 2 heterocycles. The van der Waals surface area contributed by atoms with Gasteiger partial charge in [-0.1, -0.05) is 44.0 Å². The molecule has 35 heavy (non-hydrogen) atoms. The Balaban J connectivity index is 1.78. The summed E-state index contributed by atoms with van der Waals surface area (Å²) in [5.41, 5.74) is 1.01. The molecule has 190 valence electrons. The van der Waals surface area contributed by atoms with Crippen molar-refractivity contribution in [2.45, 2.75) is 65.0 Å². The number of cyclic esters (lactones) is 1. The molecule has 0 spiro atoms. The molecule has 0 unspecified atom stereocenters. The number of aromatic hydroxyl groups is 1. The van der Waals surface area contributed by atoms with Crippen LogP contribution in [0, 0.1) is 17.8 Å². The van der Waals surface area contributed by atoms with E-state index in [9.17, 15) is 14.7 Å². The van der Waals surface area contributed by atoms with Gasteiger partial charge in [0.05, 0.1) is 7.11 Å². The van der Waals surface area contributed by atoms with Gasteiger partial charge in [0, 0.05) is 17.3 Å². The van der Waals surface area contributed by atoms with Gasteiger partial charge >= 0.3 is 5.97 Å². The van der Waals surface area contributed by atoms with Gasteiger partial charge in [0.15, 0.2) is 17.2 Å². The van der Waals surface area contributed by atoms with E-state index in [4.69, 9.17) is 21.1 Å². The summed E-state index contributed by atoms with van der Waals surface area (Å²) in [6.45, 7) is 6.30. The van der Waals surface area contributed by atoms with Gasteiger partial charge in [-0.2, -0.15) is 0 Å². The first-order valence-corrected chi connectivity index (χ1v) is 12.5. The molecule has 0 saturated carbocycles. The highest BCUT2D eigenvalue weighted by Crippen LogP contribution is 2.34. The summed E-state index contributed by atoms with van der Waals surface area (Å²) in [6, 6.07) is 8.54. The van der Waals surface area contributed by atoms with Gasteiger partial charge in [0.25, 0.3) is 5.91 Å². The standard InChI is InChI=1S/C27H35ClN2O5/c1-16(2)14-21-17(3)35-27(33)22(30-26(32)24-25(31)23(34-4)12-13-29-24)7-5-6-19(21)15-18-8-10-20(28)11-9-18/h8-13,16-17,19,21-22,31H,5-7,14-15H2,1-4H3,(H,30,32)/t17-,19+,21-,22-/m0/s1. The summed E-state index contributed by atoms with van der Waals surface area (Å²) < 4.78 is 11.0. The molecule has 0 aliphatic carbocycles. The number of benzene rings is 1. The third-order valence-corrected chi connectivity index (χ3v) is 6.90. The van der Waals surface area contributed by atoms with Crippen LogP contribution in [0.15, 0.2) is 36.5 Å². The predicted octanol–water partition coefficient (Wildman–Crippen LogP) is 5.18. The van der Waals surface area contributed by atoms with E-state index < -0.39 is 17.9 Å². The Morgan fingerprint density at radius 1 is 1.26 bits per heavy atom. The van der Waals surface area contributed by atoms with Crippen LogP contribution in [0.2, 0.25) is 5.02 Å². The van der Waals surface area contributed by atoms with Crippen molar-refractivity contribution in [2.24, 2.45) is 17.8 Å². The highest BCUT2D eigenvalue weighted by atomic mass is 35.5. The fraction of sp³-hybridized carbons (Fsp3) is 0.519. The number of pyridine rings is 1. The smallest absolute Gasteiger partial charge is 0.328 e. The van der Waals surface area contributed by atoms with Crippen LogP contribution in [0.5, 0.6) is 11.5 Å². The van der Waals surface area contributed by atoms with Crippen molar-refractivity contribution >= 4 is 23.5 Å². The van der Waals surface area contributed by atoms with E-state index in [0.29, 0.717) is 23.3 Å². The summed E-state index contributed by atoms with van der Waals surface area (Å²) in [6.07, 6.45) is 4.96. The number of nitrogens with one attached hydrogen (secondary N) is 1. The lowest BCUT2D eigenvalue weighted by molar-refractivity contribution is -0.154. The highest BCUT2D eigenvalue weighted by Gasteiger charge is 2.35. The molecule has 1 amide bonds. The molecular weight excluding hydrogens is 468 g/mol. The van der Waals surface area contributed by atoms with Crippen molar-refractivity contribution in [2.75, 3.05) is 7.11 Å². The molecule has 2 aromatic rings. The van der Waals surface area contributed by atoms with Crippen LogP contribution in [0.3, 0.4) is 0 Å². The van der Waals surface area contributed by atoms with Gasteiger partial charge in [-0.3, -0.25) is 4.79 Å². The third-order valence-electron chi connectivity index (χ3n) is 6.64. The van der Waals surface area contributed by atoms with Crippen LogP contribution in [-0.2, 0) is 16.0 Å². The second-order valence-electron chi connectivity index (χ2n) is 9.69. The van der Waals surface area contributed by atoms with Crippen molar-refractivity contribution in [3.05, 3.63) is 52.8 Å². The van der Waals surface area contributed by atoms with Crippen molar-refractivity contribution in [1.29, 1.82) is 0 Å². The van der Waals surface area contributed by atoms with Crippen LogP contribution in [0.1, 0.15) is 62.5 Å². The Labute approximate surface area is 212 Å². The first-order chi connectivity index (χ1) is 16.7. The number of carbonyl (C=O) groups is 2. The van der Waals surface area contributed by atoms with Gasteiger partial charge in [-0.25, -0.2) is 9.78 Å². The number of esters is 1. The van der Waals surface area contributed by atoms with E-state index in [1.54, 1.807) is 0 Å². The number of aromatic nitrogens is 1. The van der Waals surface area contributed by atoms with Crippen LogP contribution in [-0.4, -0.2) is 41.2 Å². The maximum Gasteiger partial charge on any atom is 0.328 e. The average molecular weight is 503 g/mol. The minimum Gasteiger partial charge on any atom is -0.503 e. The molecule has 7 nitrogen and oxygen atoms in total. The summed E-state index contributed by atoms with van der Waals surface area (Å²) in [5, 5.41) is 13.7. The van der Waals surface area contributed by atoms with Crippen LogP contribution in [0.4, 0.5) is 0 Å². The summed E-state index contributed by atoms with van der Waals surface area (Å²) in [5.74, 6) is -0.379. The third kappa shape index (κ3) is 7.10. The fourth-order valence-electron chi connectivity index (χ4n) is 4.88. The zero-order chi connectivity index (χ0) is 25.5. The van der Waals surface area contributed by atoms with E-state index in [2.05, 4.69) is 36.3 Å².